The van der Waals surface area contributed by atoms with E-state index in [1.165, 1.54) is 11.1 Å². The second kappa shape index (κ2) is 5.92. The second-order valence-corrected chi connectivity index (χ2v) is 6.33. The van der Waals surface area contributed by atoms with Crippen LogP contribution in [0.3, 0.4) is 0 Å². The highest BCUT2D eigenvalue weighted by molar-refractivity contribution is 9.10. The number of likely N-dealkylation sites (N-methyl/N-ethyl adjacent to an activating group) is 1. The molecule has 0 N–H and O–H groups in total. The Labute approximate surface area is 124 Å². The van der Waals surface area contributed by atoms with Crippen LogP contribution in [0.4, 0.5) is 0 Å². The molecule has 0 radical (unpaired) electrons. The number of thioether (sulfide) groups is 1. The van der Waals surface area contributed by atoms with Gasteiger partial charge in [-0.15, -0.1) is 11.8 Å². The summed E-state index contributed by atoms with van der Waals surface area (Å²) < 4.78 is 0.751. The Morgan fingerprint density at radius 3 is 2.84 bits per heavy atom. The molecule has 2 rings (SSSR count). The molecule has 5 nitrogen and oxygen atoms in total. The maximum atomic E-state index is 12.4. The molecule has 19 heavy (non-hydrogen) atoms. The summed E-state index contributed by atoms with van der Waals surface area (Å²) >= 11 is 4.88. The molecule has 102 valence electrons. The molecule has 0 unspecified atom stereocenters. The van der Waals surface area contributed by atoms with Gasteiger partial charge in [0.2, 0.25) is 5.91 Å². The van der Waals surface area contributed by atoms with E-state index < -0.39 is 0 Å². The van der Waals surface area contributed by atoms with Gasteiger partial charge in [-0.25, -0.2) is 0 Å². The van der Waals surface area contributed by atoms with E-state index in [1.807, 2.05) is 0 Å². The van der Waals surface area contributed by atoms with Crippen molar-refractivity contribution in [3.05, 3.63) is 28.5 Å². The van der Waals surface area contributed by atoms with Gasteiger partial charge in [0.1, 0.15) is 6.04 Å². The van der Waals surface area contributed by atoms with Crippen molar-refractivity contribution in [2.75, 3.05) is 25.7 Å². The maximum Gasteiger partial charge on any atom is 0.256 e. The number of nitrogens with zero attached hydrogens (tertiary/aromatic N) is 3. The van der Waals surface area contributed by atoms with Gasteiger partial charge in [-0.2, -0.15) is 0 Å². The van der Waals surface area contributed by atoms with E-state index in [1.54, 1.807) is 43.0 Å². The van der Waals surface area contributed by atoms with Crippen molar-refractivity contribution in [1.82, 2.24) is 14.8 Å². The zero-order valence-corrected chi connectivity index (χ0v) is 13.1. The summed E-state index contributed by atoms with van der Waals surface area (Å²) in [5.74, 6) is 0.986. The van der Waals surface area contributed by atoms with E-state index in [4.69, 9.17) is 0 Å². The van der Waals surface area contributed by atoms with Crippen molar-refractivity contribution in [3.63, 3.8) is 0 Å². The number of hydrogen-bond acceptors (Lipinski definition) is 4. The molecule has 1 aromatic rings. The van der Waals surface area contributed by atoms with Crippen LogP contribution < -0.4 is 0 Å². The molecule has 1 aliphatic heterocycles. The van der Waals surface area contributed by atoms with Gasteiger partial charge in [0.25, 0.3) is 5.91 Å². The zero-order valence-electron chi connectivity index (χ0n) is 10.7. The number of carbonyl (C=O) groups is 2. The van der Waals surface area contributed by atoms with Crippen LogP contribution in [-0.2, 0) is 4.79 Å². The van der Waals surface area contributed by atoms with Crippen LogP contribution in [0, 0.1) is 0 Å². The first-order chi connectivity index (χ1) is 9.00. The van der Waals surface area contributed by atoms with Gasteiger partial charge in [-0.3, -0.25) is 14.6 Å². The highest BCUT2D eigenvalue weighted by Crippen LogP contribution is 2.24. The average molecular weight is 344 g/mol. The van der Waals surface area contributed by atoms with Crippen LogP contribution in [-0.4, -0.2) is 58.4 Å². The molecule has 1 atom stereocenters. The smallest absolute Gasteiger partial charge is 0.256 e. The van der Waals surface area contributed by atoms with Gasteiger partial charge < -0.3 is 9.80 Å². The number of pyridine rings is 1. The van der Waals surface area contributed by atoms with Crippen molar-refractivity contribution in [1.29, 1.82) is 0 Å². The summed E-state index contributed by atoms with van der Waals surface area (Å²) in [5.41, 5.74) is 0.494. The fraction of sp³-hybridized carbons (Fsp3) is 0.417. The molecule has 0 aliphatic carbocycles. The Morgan fingerprint density at radius 2 is 2.21 bits per heavy atom. The SMILES string of the molecule is CN(C)C(=O)[C@@H]1CSCN1C(=O)c1cncc(Br)c1. The van der Waals surface area contributed by atoms with E-state index in [2.05, 4.69) is 20.9 Å². The fourth-order valence-electron chi connectivity index (χ4n) is 1.84. The minimum absolute atomic E-state index is 0.0405. The normalized spacial score (nSPS) is 18.5. The van der Waals surface area contributed by atoms with E-state index >= 15 is 0 Å². The Kier molecular flexibility index (Phi) is 4.46. The number of rotatable bonds is 2. The molecular formula is C12H14BrN3O2S. The Hall–Kier alpha value is -1.08. The van der Waals surface area contributed by atoms with E-state index in [0.29, 0.717) is 17.2 Å². The lowest BCUT2D eigenvalue weighted by Crippen LogP contribution is -2.46. The van der Waals surface area contributed by atoms with Crippen LogP contribution in [0.5, 0.6) is 0 Å². The summed E-state index contributed by atoms with van der Waals surface area (Å²) in [6.07, 6.45) is 3.14. The number of amides is 2. The third-order valence-corrected chi connectivity index (χ3v) is 4.27. The predicted molar refractivity (Wildman–Crippen MR) is 77.9 cm³/mol. The number of halogens is 1. The molecule has 2 amide bonds. The van der Waals surface area contributed by atoms with Crippen molar-refractivity contribution < 1.29 is 9.59 Å². The lowest BCUT2D eigenvalue weighted by Gasteiger charge is -2.25. The molecule has 1 saturated heterocycles. The van der Waals surface area contributed by atoms with Crippen LogP contribution in [0.2, 0.25) is 0 Å². The molecule has 0 bridgehead atoms. The average Bonchev–Trinajstić information content (AvgIpc) is 2.85. The van der Waals surface area contributed by atoms with Crippen molar-refractivity contribution in [2.45, 2.75) is 6.04 Å². The number of carbonyl (C=O) groups excluding carboxylic acids is 2. The lowest BCUT2D eigenvalue weighted by molar-refractivity contribution is -0.132. The van der Waals surface area contributed by atoms with Crippen molar-refractivity contribution in [3.8, 4) is 0 Å². The number of aromatic nitrogens is 1. The molecule has 0 spiro atoms. The van der Waals surface area contributed by atoms with Crippen LogP contribution in [0.25, 0.3) is 0 Å². The molecule has 1 aromatic heterocycles. The second-order valence-electron chi connectivity index (χ2n) is 4.42. The first-order valence-electron chi connectivity index (χ1n) is 5.71. The summed E-state index contributed by atoms with van der Waals surface area (Å²) in [4.78, 5) is 31.6. The van der Waals surface area contributed by atoms with Gasteiger partial charge in [-0.1, -0.05) is 0 Å². The van der Waals surface area contributed by atoms with Crippen LogP contribution in [0.15, 0.2) is 22.9 Å². The van der Waals surface area contributed by atoms with E-state index in [0.717, 1.165) is 4.47 Å². The molecule has 2 heterocycles. The van der Waals surface area contributed by atoms with Gasteiger partial charge in [-0.05, 0) is 22.0 Å². The minimum atomic E-state index is -0.383. The molecule has 0 saturated carbocycles. The summed E-state index contributed by atoms with van der Waals surface area (Å²) in [6, 6.07) is 1.33. The van der Waals surface area contributed by atoms with Crippen molar-refractivity contribution >= 4 is 39.5 Å². The van der Waals surface area contributed by atoms with Crippen LogP contribution >= 0.6 is 27.7 Å². The Bertz CT molecular complexity index is 510. The van der Waals surface area contributed by atoms with Crippen LogP contribution in [0.1, 0.15) is 10.4 Å². The summed E-state index contributed by atoms with van der Waals surface area (Å²) in [5, 5.41) is 0. The van der Waals surface area contributed by atoms with Gasteiger partial charge in [0.15, 0.2) is 0 Å². The standard InChI is InChI=1S/C12H14BrN3O2S/c1-15(2)12(18)10-6-19-7-16(10)11(17)8-3-9(13)5-14-4-8/h3-5,10H,6-7H2,1-2H3/t10-/m0/s1. The largest absolute Gasteiger partial charge is 0.347 e. The third kappa shape index (κ3) is 3.09. The quantitative estimate of drug-likeness (QED) is 0.815. The molecule has 0 aromatic carbocycles. The van der Waals surface area contributed by atoms with Gasteiger partial charge >= 0.3 is 0 Å². The Morgan fingerprint density at radius 1 is 1.47 bits per heavy atom. The molecular weight excluding hydrogens is 330 g/mol. The van der Waals surface area contributed by atoms with E-state index in [9.17, 15) is 9.59 Å². The monoisotopic (exact) mass is 343 g/mol. The summed E-state index contributed by atoms with van der Waals surface area (Å²) in [7, 11) is 3.41. The zero-order chi connectivity index (χ0) is 14.0. The highest BCUT2D eigenvalue weighted by Gasteiger charge is 2.35. The predicted octanol–water partition coefficient (Wildman–Crippen LogP) is 1.45. The molecule has 7 heteroatoms. The topological polar surface area (TPSA) is 53.5 Å². The molecule has 1 aliphatic rings. The van der Waals surface area contributed by atoms with Crippen molar-refractivity contribution in [2.24, 2.45) is 0 Å². The maximum absolute atomic E-state index is 12.4. The molecule has 1 fully saturated rings. The highest BCUT2D eigenvalue weighted by atomic mass is 79.9. The van der Waals surface area contributed by atoms with E-state index in [-0.39, 0.29) is 17.9 Å². The first-order valence-corrected chi connectivity index (χ1v) is 7.66. The van der Waals surface area contributed by atoms with Gasteiger partial charge in [0, 0.05) is 36.7 Å². The first kappa shape index (κ1) is 14.3. The minimum Gasteiger partial charge on any atom is -0.347 e. The third-order valence-electron chi connectivity index (χ3n) is 2.82. The summed E-state index contributed by atoms with van der Waals surface area (Å²) in [6.45, 7) is 0. The lowest BCUT2D eigenvalue weighted by atomic mass is 10.2. The fourth-order valence-corrected chi connectivity index (χ4v) is 3.35. The van der Waals surface area contributed by atoms with Gasteiger partial charge in [0.05, 0.1) is 11.4 Å². The Balaban J connectivity index is 2.21. The number of hydrogen-bond donors (Lipinski definition) is 0.